The number of halogens is 3. The minimum Gasteiger partial charge on any atom is -0.490 e. The molecule has 5 rings (SSSR count). The maximum absolute atomic E-state index is 14.2. The van der Waals surface area contributed by atoms with Crippen molar-refractivity contribution < 1.29 is 33.3 Å². The van der Waals surface area contributed by atoms with E-state index in [9.17, 15) is 9.59 Å². The fraction of sp³-hybridized carbons (Fsp3) is 0.405. The number of carbonyl (C=O) groups is 2. The van der Waals surface area contributed by atoms with Crippen LogP contribution >= 0.6 is 34.8 Å². The zero-order chi connectivity index (χ0) is 35.5. The molecule has 0 saturated heterocycles. The summed E-state index contributed by atoms with van der Waals surface area (Å²) in [6.45, 7) is 2.25. The predicted molar refractivity (Wildman–Crippen MR) is 194 cm³/mol. The Labute approximate surface area is 307 Å². The monoisotopic (exact) mass is 745 g/mol. The topological polar surface area (TPSA) is 108 Å². The standard InChI is InChI=1S/C37H42Cl3N3O7/c1-41-37(45)50-17-15-24-6-13-30(38)26(20-24)21-42-36(44)34-29(14-16-43(27-9-10-27)33(34)22-47-23-46-2)25-7-11-28(12-8-25)48-18-19-49-35-31(39)4-3-5-32(35)40/h3-8,11-13,20,27,33H,9-10,14-19,21-23H2,1-2H3,(H,41,45)(H,42,44)/t33-/m1/s1. The van der Waals surface area contributed by atoms with Gasteiger partial charge in [-0.15, -0.1) is 0 Å². The van der Waals surface area contributed by atoms with E-state index in [1.54, 1.807) is 31.4 Å². The van der Waals surface area contributed by atoms with Crippen molar-refractivity contribution in [3.8, 4) is 11.5 Å². The molecule has 50 heavy (non-hydrogen) atoms. The lowest BCUT2D eigenvalue weighted by atomic mass is 9.87. The van der Waals surface area contributed by atoms with E-state index in [-0.39, 0.29) is 45.1 Å². The van der Waals surface area contributed by atoms with Gasteiger partial charge in [0, 0.05) is 50.3 Å². The highest BCUT2D eigenvalue weighted by Crippen LogP contribution is 2.39. The Morgan fingerprint density at radius 1 is 0.920 bits per heavy atom. The van der Waals surface area contributed by atoms with Gasteiger partial charge in [0.15, 0.2) is 5.75 Å². The zero-order valence-corrected chi connectivity index (χ0v) is 30.4. The molecule has 3 aromatic carbocycles. The number of hydrogen-bond donors (Lipinski definition) is 2. The molecule has 1 fully saturated rings. The quantitative estimate of drug-likeness (QED) is 0.113. The first-order valence-corrected chi connectivity index (χ1v) is 17.7. The lowest BCUT2D eigenvalue weighted by Crippen LogP contribution is -2.49. The average molecular weight is 747 g/mol. The molecule has 1 aliphatic carbocycles. The van der Waals surface area contributed by atoms with Gasteiger partial charge in [-0.1, -0.05) is 65.1 Å². The van der Waals surface area contributed by atoms with Gasteiger partial charge in [-0.3, -0.25) is 9.69 Å². The van der Waals surface area contributed by atoms with Crippen molar-refractivity contribution in [2.75, 3.05) is 53.9 Å². The molecule has 2 amide bonds. The number of hydrogen-bond acceptors (Lipinski definition) is 8. The minimum absolute atomic E-state index is 0.129. The highest BCUT2D eigenvalue weighted by Gasteiger charge is 2.41. The van der Waals surface area contributed by atoms with E-state index < -0.39 is 6.09 Å². The third-order valence-electron chi connectivity index (χ3n) is 8.51. The van der Waals surface area contributed by atoms with Crippen LogP contribution in [0.2, 0.25) is 15.1 Å². The Hall–Kier alpha value is -3.51. The Balaban J connectivity index is 1.32. The van der Waals surface area contributed by atoms with Gasteiger partial charge in [-0.25, -0.2) is 4.79 Å². The van der Waals surface area contributed by atoms with Crippen LogP contribution in [0.3, 0.4) is 0 Å². The molecule has 1 heterocycles. The number of rotatable bonds is 17. The molecule has 3 aromatic rings. The molecular weight excluding hydrogens is 705 g/mol. The van der Waals surface area contributed by atoms with E-state index >= 15 is 0 Å². The van der Waals surface area contributed by atoms with Crippen LogP contribution in [0.25, 0.3) is 5.57 Å². The molecule has 1 saturated carbocycles. The van der Waals surface area contributed by atoms with Crippen LogP contribution in [0.5, 0.6) is 11.5 Å². The van der Waals surface area contributed by atoms with Crippen LogP contribution in [0, 0.1) is 0 Å². The molecule has 0 aromatic heterocycles. The van der Waals surface area contributed by atoms with E-state index in [1.165, 1.54) is 7.05 Å². The van der Waals surface area contributed by atoms with Crippen molar-refractivity contribution >= 4 is 52.4 Å². The summed E-state index contributed by atoms with van der Waals surface area (Å²) in [5, 5.41) is 6.99. The first-order chi connectivity index (χ1) is 24.3. The van der Waals surface area contributed by atoms with Crippen LogP contribution in [0.15, 0.2) is 66.2 Å². The molecule has 13 heteroatoms. The lowest BCUT2D eigenvalue weighted by Gasteiger charge is -2.38. The second kappa shape index (κ2) is 18.6. The summed E-state index contributed by atoms with van der Waals surface area (Å²) in [6.07, 6.45) is 2.91. The summed E-state index contributed by atoms with van der Waals surface area (Å²) in [5.41, 5.74) is 4.27. The Kier molecular flexibility index (Phi) is 14.1. The number of benzene rings is 3. The number of amides is 2. The highest BCUT2D eigenvalue weighted by molar-refractivity contribution is 6.37. The second-order valence-corrected chi connectivity index (χ2v) is 13.1. The molecule has 268 valence electrons. The van der Waals surface area contributed by atoms with Crippen molar-refractivity contribution in [2.45, 2.75) is 44.3 Å². The fourth-order valence-electron chi connectivity index (χ4n) is 5.95. The molecule has 0 bridgehead atoms. The van der Waals surface area contributed by atoms with Crippen LogP contribution in [0.4, 0.5) is 4.79 Å². The summed E-state index contributed by atoms with van der Waals surface area (Å²) in [6, 6.07) is 18.7. The zero-order valence-electron chi connectivity index (χ0n) is 28.1. The first-order valence-electron chi connectivity index (χ1n) is 16.5. The number of para-hydroxylation sites is 1. The number of alkyl carbamates (subject to hydrolysis) is 1. The lowest BCUT2D eigenvalue weighted by molar-refractivity contribution is -0.119. The number of ether oxygens (including phenoxy) is 5. The molecule has 0 unspecified atom stereocenters. The molecule has 0 spiro atoms. The van der Waals surface area contributed by atoms with Crippen molar-refractivity contribution in [1.29, 1.82) is 0 Å². The molecular formula is C37H42Cl3N3O7. The van der Waals surface area contributed by atoms with Gasteiger partial charge >= 0.3 is 6.09 Å². The van der Waals surface area contributed by atoms with Crippen LogP contribution < -0.4 is 20.1 Å². The summed E-state index contributed by atoms with van der Waals surface area (Å²) < 4.78 is 27.9. The molecule has 10 nitrogen and oxygen atoms in total. The predicted octanol–water partition coefficient (Wildman–Crippen LogP) is 6.93. The van der Waals surface area contributed by atoms with Gasteiger partial charge < -0.3 is 34.3 Å². The van der Waals surface area contributed by atoms with Gasteiger partial charge in [0.1, 0.15) is 25.8 Å². The van der Waals surface area contributed by atoms with Crippen LogP contribution in [-0.2, 0) is 32.0 Å². The van der Waals surface area contributed by atoms with Gasteiger partial charge in [0.05, 0.1) is 29.3 Å². The SMILES string of the molecule is CNC(=O)OCCc1ccc(Cl)c(CNC(=O)C2=C(c3ccc(OCCOc4c(Cl)cccc4Cl)cc3)CCN(C3CC3)[C@@H]2COCOC)c1. The van der Waals surface area contributed by atoms with Gasteiger partial charge in [-0.05, 0) is 71.9 Å². The maximum Gasteiger partial charge on any atom is 0.406 e. The third kappa shape index (κ3) is 10.3. The summed E-state index contributed by atoms with van der Waals surface area (Å²) >= 11 is 19.0. The van der Waals surface area contributed by atoms with Gasteiger partial charge in [0.25, 0.3) is 0 Å². The molecule has 2 aliphatic rings. The van der Waals surface area contributed by atoms with E-state index in [1.807, 2.05) is 36.4 Å². The van der Waals surface area contributed by atoms with E-state index in [4.69, 9.17) is 58.5 Å². The number of methoxy groups -OCH3 is 1. The molecule has 0 radical (unpaired) electrons. The van der Waals surface area contributed by atoms with Crippen LogP contribution in [0.1, 0.15) is 36.0 Å². The molecule has 1 atom stereocenters. The van der Waals surface area contributed by atoms with E-state index in [0.29, 0.717) is 57.6 Å². The summed E-state index contributed by atoms with van der Waals surface area (Å²) in [5.74, 6) is 0.910. The summed E-state index contributed by atoms with van der Waals surface area (Å²) in [4.78, 5) is 28.1. The average Bonchev–Trinajstić information content (AvgIpc) is 3.97. The first kappa shape index (κ1) is 37.7. The molecule has 2 N–H and O–H groups in total. The minimum atomic E-state index is -0.487. The van der Waals surface area contributed by atoms with Crippen molar-refractivity contribution in [2.24, 2.45) is 0 Å². The Morgan fingerprint density at radius 2 is 1.66 bits per heavy atom. The number of carbonyl (C=O) groups excluding carboxylic acids is 2. The van der Waals surface area contributed by atoms with Gasteiger partial charge in [0.2, 0.25) is 5.91 Å². The number of nitrogens with zero attached hydrogens (tertiary/aromatic N) is 1. The maximum atomic E-state index is 14.2. The van der Waals surface area contributed by atoms with Crippen molar-refractivity contribution in [3.05, 3.63) is 98.0 Å². The van der Waals surface area contributed by atoms with Crippen molar-refractivity contribution in [1.82, 2.24) is 15.5 Å². The Morgan fingerprint density at radius 3 is 2.36 bits per heavy atom. The Bertz CT molecular complexity index is 1630. The van der Waals surface area contributed by atoms with Gasteiger partial charge in [-0.2, -0.15) is 0 Å². The van der Waals surface area contributed by atoms with Crippen LogP contribution in [-0.4, -0.2) is 82.9 Å². The fourth-order valence-corrected chi connectivity index (χ4v) is 6.64. The van der Waals surface area contributed by atoms with E-state index in [2.05, 4.69) is 15.5 Å². The molecule has 1 aliphatic heterocycles. The summed E-state index contributed by atoms with van der Waals surface area (Å²) in [7, 11) is 3.10. The largest absolute Gasteiger partial charge is 0.490 e. The number of nitrogens with one attached hydrogen (secondary N) is 2. The van der Waals surface area contributed by atoms with E-state index in [0.717, 1.165) is 41.6 Å². The third-order valence-corrected chi connectivity index (χ3v) is 9.48. The normalized spacial score (nSPS) is 16.2. The van der Waals surface area contributed by atoms with Crippen molar-refractivity contribution in [3.63, 3.8) is 0 Å². The smallest absolute Gasteiger partial charge is 0.406 e. The second-order valence-electron chi connectivity index (χ2n) is 11.9. The highest BCUT2D eigenvalue weighted by atomic mass is 35.5.